The third-order valence-corrected chi connectivity index (χ3v) is 6.13. The van der Waals surface area contributed by atoms with E-state index in [9.17, 15) is 19.2 Å². The van der Waals surface area contributed by atoms with Crippen molar-refractivity contribution >= 4 is 64.3 Å². The molecule has 2 N–H and O–H groups in total. The van der Waals surface area contributed by atoms with Gasteiger partial charge in [-0.3, -0.25) is 19.3 Å². The van der Waals surface area contributed by atoms with Crippen LogP contribution in [0.3, 0.4) is 0 Å². The van der Waals surface area contributed by atoms with Crippen molar-refractivity contribution in [3.8, 4) is 0 Å². The predicted octanol–water partition coefficient (Wildman–Crippen LogP) is 5.11. The number of halogens is 2. The maximum atomic E-state index is 13.4. The number of anilines is 2. The number of nitrogens with zero attached hydrogens (tertiary/aromatic N) is 1. The molecule has 0 unspecified atom stereocenters. The minimum atomic E-state index is -0.876. The summed E-state index contributed by atoms with van der Waals surface area (Å²) >= 11 is 11.9. The van der Waals surface area contributed by atoms with Gasteiger partial charge in [0.05, 0.1) is 24.3 Å². The summed E-state index contributed by atoms with van der Waals surface area (Å²) in [5.74, 6) is -2.25. The van der Waals surface area contributed by atoms with E-state index in [1.54, 1.807) is 68.4 Å². The number of nitrogens with one attached hydrogen (secondary N) is 2. The number of carbonyl (C=O) groups excluding carboxylic acids is 4. The summed E-state index contributed by atoms with van der Waals surface area (Å²) in [6, 6.07) is 16.2. The molecule has 4 rings (SSSR count). The van der Waals surface area contributed by atoms with E-state index in [1.165, 1.54) is 17.0 Å². The maximum absolute atomic E-state index is 13.4. The van der Waals surface area contributed by atoms with Gasteiger partial charge in [0.1, 0.15) is 11.5 Å². The molecule has 0 spiro atoms. The molecule has 0 aliphatic carbocycles. The molecule has 9 nitrogen and oxygen atoms in total. The van der Waals surface area contributed by atoms with Crippen LogP contribution in [0.2, 0.25) is 10.0 Å². The normalized spacial score (nSPS) is 14.1. The lowest BCUT2D eigenvalue weighted by Crippen LogP contribution is -2.34. The van der Waals surface area contributed by atoms with E-state index in [1.807, 2.05) is 0 Å². The first-order valence-electron chi connectivity index (χ1n) is 11.8. The first-order valence-corrected chi connectivity index (χ1v) is 12.6. The number of carbonyl (C=O) groups is 4. The molecule has 0 radical (unpaired) electrons. The fourth-order valence-corrected chi connectivity index (χ4v) is 4.21. The highest BCUT2D eigenvalue weighted by atomic mass is 35.5. The predicted molar refractivity (Wildman–Crippen MR) is 147 cm³/mol. The van der Waals surface area contributed by atoms with Crippen LogP contribution in [-0.4, -0.2) is 30.3 Å². The SMILES string of the molecule is CCOC(=O)C1=C(C)N(c2ccc(Cl)cc2)C(=O)/C1=C/c1ccc(CNC(=O)C(=O)Nc2cccc(Cl)c2)o1. The second-order valence-corrected chi connectivity index (χ2v) is 9.18. The Hall–Kier alpha value is -4.34. The third-order valence-electron chi connectivity index (χ3n) is 5.65. The summed E-state index contributed by atoms with van der Waals surface area (Å²) in [6.07, 6.45) is 1.44. The zero-order valence-electron chi connectivity index (χ0n) is 20.9. The Morgan fingerprint density at radius 1 is 1.00 bits per heavy atom. The van der Waals surface area contributed by atoms with E-state index in [-0.39, 0.29) is 30.1 Å². The first-order chi connectivity index (χ1) is 18.7. The van der Waals surface area contributed by atoms with Crippen molar-refractivity contribution in [2.75, 3.05) is 16.8 Å². The summed E-state index contributed by atoms with van der Waals surface area (Å²) in [4.78, 5) is 52.0. The molecule has 0 saturated carbocycles. The molecule has 2 heterocycles. The summed E-state index contributed by atoms with van der Waals surface area (Å²) in [5, 5.41) is 5.84. The molecule has 3 aromatic rings. The van der Waals surface area contributed by atoms with Gasteiger partial charge in [-0.1, -0.05) is 29.3 Å². The van der Waals surface area contributed by atoms with Gasteiger partial charge in [0.2, 0.25) is 0 Å². The Morgan fingerprint density at radius 2 is 1.74 bits per heavy atom. The van der Waals surface area contributed by atoms with Gasteiger partial charge in [-0.25, -0.2) is 4.79 Å². The molecular weight excluding hydrogens is 545 g/mol. The smallest absolute Gasteiger partial charge is 0.340 e. The average Bonchev–Trinajstić information content (AvgIpc) is 3.45. The number of ether oxygens (including phenoxy) is 1. The van der Waals surface area contributed by atoms with Crippen LogP contribution in [0.15, 0.2) is 81.9 Å². The van der Waals surface area contributed by atoms with Crippen molar-refractivity contribution in [2.45, 2.75) is 20.4 Å². The van der Waals surface area contributed by atoms with Crippen molar-refractivity contribution in [3.63, 3.8) is 0 Å². The number of benzene rings is 2. The molecule has 3 amide bonds. The van der Waals surface area contributed by atoms with Crippen molar-refractivity contribution in [1.82, 2.24) is 5.32 Å². The maximum Gasteiger partial charge on any atom is 0.340 e. The molecule has 0 bridgehead atoms. The summed E-state index contributed by atoms with van der Waals surface area (Å²) in [6.45, 7) is 3.37. The van der Waals surface area contributed by atoms with E-state index in [0.29, 0.717) is 32.9 Å². The number of allylic oxidation sites excluding steroid dienone is 1. The fourth-order valence-electron chi connectivity index (χ4n) is 3.89. The molecule has 11 heteroatoms. The highest BCUT2D eigenvalue weighted by molar-refractivity contribution is 6.39. The van der Waals surface area contributed by atoms with Crippen LogP contribution in [0.5, 0.6) is 0 Å². The molecule has 0 saturated heterocycles. The topological polar surface area (TPSA) is 118 Å². The highest BCUT2D eigenvalue weighted by Crippen LogP contribution is 2.36. The van der Waals surface area contributed by atoms with Gasteiger partial charge in [0, 0.05) is 27.1 Å². The Balaban J connectivity index is 1.50. The number of furan rings is 1. The van der Waals surface area contributed by atoms with E-state index in [2.05, 4.69) is 10.6 Å². The molecule has 200 valence electrons. The van der Waals surface area contributed by atoms with Crippen molar-refractivity contribution in [2.24, 2.45) is 0 Å². The number of hydrogen-bond donors (Lipinski definition) is 2. The molecule has 39 heavy (non-hydrogen) atoms. The van der Waals surface area contributed by atoms with Gasteiger partial charge in [-0.15, -0.1) is 0 Å². The van der Waals surface area contributed by atoms with Gasteiger partial charge in [0.25, 0.3) is 5.91 Å². The molecular formula is C28H23Cl2N3O6. The van der Waals surface area contributed by atoms with Gasteiger partial charge >= 0.3 is 17.8 Å². The molecule has 0 fully saturated rings. The van der Waals surface area contributed by atoms with Crippen LogP contribution in [-0.2, 0) is 30.5 Å². The first kappa shape index (κ1) is 27.7. The highest BCUT2D eigenvalue weighted by Gasteiger charge is 2.38. The third kappa shape index (κ3) is 6.39. The van der Waals surface area contributed by atoms with Gasteiger partial charge < -0.3 is 19.8 Å². The monoisotopic (exact) mass is 567 g/mol. The van der Waals surface area contributed by atoms with Gasteiger partial charge in [-0.2, -0.15) is 0 Å². The van der Waals surface area contributed by atoms with Crippen molar-refractivity contribution in [3.05, 3.63) is 99.1 Å². The lowest BCUT2D eigenvalue weighted by atomic mass is 10.1. The van der Waals surface area contributed by atoms with Crippen LogP contribution >= 0.6 is 23.2 Å². The van der Waals surface area contributed by atoms with E-state index in [4.69, 9.17) is 32.4 Å². The number of hydrogen-bond acceptors (Lipinski definition) is 6. The minimum absolute atomic E-state index is 0.0879. The van der Waals surface area contributed by atoms with Crippen LogP contribution in [0, 0.1) is 0 Å². The van der Waals surface area contributed by atoms with Gasteiger partial charge in [0.15, 0.2) is 0 Å². The molecule has 1 aromatic heterocycles. The molecule has 1 aliphatic rings. The van der Waals surface area contributed by atoms with E-state index in [0.717, 1.165) is 0 Å². The van der Waals surface area contributed by atoms with E-state index < -0.39 is 23.7 Å². The van der Waals surface area contributed by atoms with Crippen molar-refractivity contribution in [1.29, 1.82) is 0 Å². The molecule has 1 aliphatic heterocycles. The zero-order chi connectivity index (χ0) is 28.1. The average molecular weight is 568 g/mol. The molecule has 0 atom stereocenters. The largest absolute Gasteiger partial charge is 0.462 e. The summed E-state index contributed by atoms with van der Waals surface area (Å²) in [7, 11) is 0. The van der Waals surface area contributed by atoms with Crippen LogP contribution < -0.4 is 15.5 Å². The van der Waals surface area contributed by atoms with Crippen molar-refractivity contribution < 1.29 is 28.3 Å². The number of rotatable bonds is 7. The lowest BCUT2D eigenvalue weighted by Gasteiger charge is -2.17. The second-order valence-electron chi connectivity index (χ2n) is 8.31. The Morgan fingerprint density at radius 3 is 2.44 bits per heavy atom. The standard InChI is InChI=1S/C28H23Cl2N3O6/c1-3-38-28(37)24-16(2)33(20-9-7-17(29)8-10-20)27(36)23(24)14-21-11-12-22(39-21)15-31-25(34)26(35)32-19-6-4-5-18(30)13-19/h4-14H,3,15H2,1-2H3,(H,31,34)(H,32,35)/b23-14+. The number of esters is 1. The Labute approximate surface area is 234 Å². The van der Waals surface area contributed by atoms with Crippen LogP contribution in [0.25, 0.3) is 6.08 Å². The summed E-state index contributed by atoms with van der Waals surface area (Å²) < 4.78 is 10.9. The summed E-state index contributed by atoms with van der Waals surface area (Å²) in [5.41, 5.74) is 1.51. The Bertz CT molecular complexity index is 1510. The van der Waals surface area contributed by atoms with Gasteiger partial charge in [-0.05, 0) is 74.5 Å². The lowest BCUT2D eigenvalue weighted by molar-refractivity contribution is -0.138. The zero-order valence-corrected chi connectivity index (χ0v) is 22.4. The van der Waals surface area contributed by atoms with Crippen LogP contribution in [0.1, 0.15) is 25.4 Å². The quantitative estimate of drug-likeness (QED) is 0.233. The molecule has 2 aromatic carbocycles. The number of amides is 3. The van der Waals surface area contributed by atoms with E-state index >= 15 is 0 Å². The van der Waals surface area contributed by atoms with Crippen LogP contribution in [0.4, 0.5) is 11.4 Å². The second kappa shape index (κ2) is 12.0. The Kier molecular flexibility index (Phi) is 8.53. The minimum Gasteiger partial charge on any atom is -0.462 e. The fraction of sp³-hybridized carbons (Fsp3) is 0.143.